The predicted molar refractivity (Wildman–Crippen MR) is 150 cm³/mol. The molecule has 3 unspecified atom stereocenters. The minimum Gasteiger partial charge on any atom is -0.493 e. The molecule has 2 aromatic carbocycles. The summed E-state index contributed by atoms with van der Waals surface area (Å²) in [5.41, 5.74) is 1.41. The first-order valence-electron chi connectivity index (χ1n) is 14.3. The molecule has 9 nitrogen and oxygen atoms in total. The van der Waals surface area contributed by atoms with E-state index in [1.54, 1.807) is 14.2 Å². The van der Waals surface area contributed by atoms with Crippen molar-refractivity contribution < 1.29 is 50.9 Å². The van der Waals surface area contributed by atoms with Gasteiger partial charge in [-0.25, -0.2) is 18.4 Å². The van der Waals surface area contributed by atoms with Gasteiger partial charge < -0.3 is 30.0 Å². The number of nitrogens with one attached hydrogen (secondary N) is 2. The third kappa shape index (κ3) is 7.52. The second kappa shape index (κ2) is 14.0. The summed E-state index contributed by atoms with van der Waals surface area (Å²) in [7, 11) is 3.30. The number of halogens is 5. The number of anilines is 1. The molecule has 3 N–H and O–H groups in total. The Morgan fingerprint density at radius 1 is 0.977 bits per heavy atom. The minimum absolute atomic E-state index is 0.0380. The van der Waals surface area contributed by atoms with E-state index in [0.29, 0.717) is 11.8 Å². The van der Waals surface area contributed by atoms with E-state index in [-0.39, 0.29) is 23.2 Å². The number of urea groups is 1. The van der Waals surface area contributed by atoms with Gasteiger partial charge in [0.05, 0.1) is 14.2 Å². The van der Waals surface area contributed by atoms with Crippen molar-refractivity contribution in [2.45, 2.75) is 68.2 Å². The number of likely N-dealkylation sites (tertiary alicyclic amines) is 1. The molecule has 14 heteroatoms. The number of alkyl halides is 3. The van der Waals surface area contributed by atoms with Gasteiger partial charge >= 0.3 is 18.2 Å². The van der Waals surface area contributed by atoms with Crippen LogP contribution in [0.4, 0.5) is 32.4 Å². The number of carbonyl (C=O) groups excluding carboxylic acids is 1. The Kier molecular flexibility index (Phi) is 10.6. The van der Waals surface area contributed by atoms with Crippen molar-refractivity contribution in [3.05, 3.63) is 53.6 Å². The molecular formula is C30H36F5N3O6. The quantitative estimate of drug-likeness (QED) is 0.363. The number of hydrogen-bond donors (Lipinski definition) is 3. The van der Waals surface area contributed by atoms with E-state index < -0.39 is 29.8 Å². The van der Waals surface area contributed by atoms with Gasteiger partial charge in [-0.05, 0) is 74.9 Å². The van der Waals surface area contributed by atoms with Gasteiger partial charge in [0.15, 0.2) is 23.1 Å². The largest absolute Gasteiger partial charge is 0.493 e. The summed E-state index contributed by atoms with van der Waals surface area (Å²) in [4.78, 5) is 24.3. The summed E-state index contributed by atoms with van der Waals surface area (Å²) in [5, 5.41) is 12.9. The van der Waals surface area contributed by atoms with Crippen molar-refractivity contribution in [3.8, 4) is 11.5 Å². The van der Waals surface area contributed by atoms with Crippen molar-refractivity contribution in [2.24, 2.45) is 0 Å². The number of amides is 2. The van der Waals surface area contributed by atoms with Crippen LogP contribution in [-0.2, 0) is 14.9 Å². The third-order valence-corrected chi connectivity index (χ3v) is 8.67. The SMILES string of the molecule is COc1ccc(C23CCC(NC(=O)Nc4ccc(F)c(F)c4)CC2N(C2CCOCC2)CC3)cc1OC.O=C(O)C(F)(F)F. The molecule has 1 aliphatic carbocycles. The number of carboxylic acids is 1. The molecule has 3 fully saturated rings. The summed E-state index contributed by atoms with van der Waals surface area (Å²) in [5.74, 6) is -3.26. The average Bonchev–Trinajstić information content (AvgIpc) is 3.39. The van der Waals surface area contributed by atoms with E-state index in [9.17, 15) is 26.7 Å². The number of benzene rings is 2. The molecule has 2 aliphatic heterocycles. The zero-order valence-electron chi connectivity index (χ0n) is 24.4. The Hall–Kier alpha value is -3.65. The molecule has 2 amide bonds. The van der Waals surface area contributed by atoms with E-state index >= 15 is 0 Å². The van der Waals surface area contributed by atoms with Crippen molar-refractivity contribution in [1.29, 1.82) is 0 Å². The number of aliphatic carboxylic acids is 1. The Bertz CT molecular complexity index is 1320. The molecule has 0 spiro atoms. The minimum atomic E-state index is -5.08. The molecule has 0 bridgehead atoms. The van der Waals surface area contributed by atoms with Gasteiger partial charge in [0.1, 0.15) is 0 Å². The molecule has 3 aliphatic rings. The highest BCUT2D eigenvalue weighted by molar-refractivity contribution is 5.89. The number of methoxy groups -OCH3 is 2. The van der Waals surface area contributed by atoms with Gasteiger partial charge in [-0.15, -0.1) is 0 Å². The number of hydrogen-bond acceptors (Lipinski definition) is 6. The van der Waals surface area contributed by atoms with E-state index in [4.69, 9.17) is 24.1 Å². The molecule has 44 heavy (non-hydrogen) atoms. The van der Waals surface area contributed by atoms with Crippen LogP contribution < -0.4 is 20.1 Å². The molecule has 5 rings (SSSR count). The molecule has 3 atom stereocenters. The van der Waals surface area contributed by atoms with E-state index in [1.807, 2.05) is 6.07 Å². The van der Waals surface area contributed by atoms with Crippen molar-refractivity contribution in [2.75, 3.05) is 39.3 Å². The van der Waals surface area contributed by atoms with Gasteiger partial charge in [-0.2, -0.15) is 13.2 Å². The first-order chi connectivity index (χ1) is 20.9. The van der Waals surface area contributed by atoms with E-state index in [1.165, 1.54) is 11.6 Å². The van der Waals surface area contributed by atoms with Crippen molar-refractivity contribution in [1.82, 2.24) is 10.2 Å². The number of fused-ring (bicyclic) bond motifs is 1. The third-order valence-electron chi connectivity index (χ3n) is 8.67. The summed E-state index contributed by atoms with van der Waals surface area (Å²) < 4.78 is 75.3. The number of rotatable bonds is 6. The summed E-state index contributed by atoms with van der Waals surface area (Å²) in [6.07, 6.45) is 0.510. The van der Waals surface area contributed by atoms with Gasteiger partial charge in [0.2, 0.25) is 0 Å². The summed E-state index contributed by atoms with van der Waals surface area (Å²) in [6.45, 7) is 2.54. The monoisotopic (exact) mass is 629 g/mol. The molecule has 1 saturated carbocycles. The highest BCUT2D eigenvalue weighted by Crippen LogP contribution is 2.51. The van der Waals surface area contributed by atoms with Gasteiger partial charge in [0, 0.05) is 48.5 Å². The second-order valence-corrected chi connectivity index (χ2v) is 11.1. The summed E-state index contributed by atoms with van der Waals surface area (Å²) in [6, 6.07) is 9.85. The summed E-state index contributed by atoms with van der Waals surface area (Å²) >= 11 is 0. The standard InChI is InChI=1S/C28H35F2N3O4.C2HF3O2/c1-35-24-6-3-18(15-25(24)36-2)28-10-7-20(32-27(34)31-19-4-5-22(29)23(30)16-19)17-26(28)33(12-11-28)21-8-13-37-14-9-21;3-2(4,5)1(6)7/h3-6,15-16,20-21,26H,7-14,17H2,1-2H3,(H2,31,32,34);(H,6,7). The zero-order chi connectivity index (χ0) is 32.1. The van der Waals surface area contributed by atoms with Crippen LogP contribution in [0, 0.1) is 11.6 Å². The Morgan fingerprint density at radius 3 is 2.27 bits per heavy atom. The molecule has 242 valence electrons. The second-order valence-electron chi connectivity index (χ2n) is 11.1. The van der Waals surface area contributed by atoms with Gasteiger partial charge in [0.25, 0.3) is 0 Å². The molecule has 2 heterocycles. The van der Waals surface area contributed by atoms with Crippen LogP contribution in [0.3, 0.4) is 0 Å². The number of carboxylic acid groups (broad SMARTS) is 1. The molecule has 2 aromatic rings. The lowest BCUT2D eigenvalue weighted by atomic mass is 9.65. The average molecular weight is 630 g/mol. The fourth-order valence-corrected chi connectivity index (χ4v) is 6.58. The van der Waals surface area contributed by atoms with E-state index in [0.717, 1.165) is 76.2 Å². The molecular weight excluding hydrogens is 593 g/mol. The van der Waals surface area contributed by atoms with Crippen molar-refractivity contribution in [3.63, 3.8) is 0 Å². The zero-order valence-corrected chi connectivity index (χ0v) is 24.4. The number of ether oxygens (including phenoxy) is 3. The van der Waals surface area contributed by atoms with Crippen LogP contribution >= 0.6 is 0 Å². The van der Waals surface area contributed by atoms with Crippen LogP contribution in [0.1, 0.15) is 44.1 Å². The highest BCUT2D eigenvalue weighted by atomic mass is 19.4. The first kappa shape index (κ1) is 33.2. The number of carbonyl (C=O) groups is 2. The molecule has 0 radical (unpaired) electrons. The van der Waals surface area contributed by atoms with E-state index in [2.05, 4.69) is 27.7 Å². The van der Waals surface area contributed by atoms with Gasteiger partial charge in [-0.1, -0.05) is 6.07 Å². The smallest absolute Gasteiger partial charge is 0.490 e. The lowest BCUT2D eigenvalue weighted by molar-refractivity contribution is -0.192. The fourth-order valence-electron chi connectivity index (χ4n) is 6.58. The maximum Gasteiger partial charge on any atom is 0.490 e. The number of nitrogens with zero attached hydrogens (tertiary/aromatic N) is 1. The van der Waals surface area contributed by atoms with Gasteiger partial charge in [-0.3, -0.25) is 4.90 Å². The Balaban J connectivity index is 0.000000566. The lowest BCUT2D eigenvalue weighted by Gasteiger charge is -2.47. The van der Waals surface area contributed by atoms with Crippen LogP contribution in [0.2, 0.25) is 0 Å². The fraction of sp³-hybridized carbons (Fsp3) is 0.533. The van der Waals surface area contributed by atoms with Crippen molar-refractivity contribution >= 4 is 17.7 Å². The topological polar surface area (TPSA) is 109 Å². The molecule has 2 saturated heterocycles. The molecule has 0 aromatic heterocycles. The Morgan fingerprint density at radius 2 is 1.66 bits per heavy atom. The van der Waals surface area contributed by atoms with Crippen LogP contribution in [0.25, 0.3) is 0 Å². The van der Waals surface area contributed by atoms with Crippen LogP contribution in [-0.4, -0.2) is 80.3 Å². The predicted octanol–water partition coefficient (Wildman–Crippen LogP) is 5.48. The Labute approximate surface area is 251 Å². The maximum atomic E-state index is 13.6. The lowest BCUT2D eigenvalue weighted by Crippen LogP contribution is -2.55. The highest BCUT2D eigenvalue weighted by Gasteiger charge is 2.53. The van der Waals surface area contributed by atoms with Crippen LogP contribution in [0.15, 0.2) is 36.4 Å². The first-order valence-corrected chi connectivity index (χ1v) is 14.3. The maximum absolute atomic E-state index is 13.6. The van der Waals surface area contributed by atoms with Crippen LogP contribution in [0.5, 0.6) is 11.5 Å². The normalized spacial score (nSPS) is 24.0.